The molecule has 116 valence electrons. The van der Waals surface area contributed by atoms with Crippen molar-refractivity contribution in [3.8, 4) is 0 Å². The molecule has 0 bridgehead atoms. The molecule has 0 saturated carbocycles. The number of benzene rings is 1. The van der Waals surface area contributed by atoms with Gasteiger partial charge in [-0.1, -0.05) is 30.3 Å². The van der Waals surface area contributed by atoms with Crippen LogP contribution >= 0.6 is 11.5 Å². The molecule has 0 spiro atoms. The van der Waals surface area contributed by atoms with E-state index in [0.717, 1.165) is 25.1 Å². The molecule has 2 heterocycles. The molecule has 1 aliphatic rings. The summed E-state index contributed by atoms with van der Waals surface area (Å²) in [6, 6.07) is 10.2. The number of nitrogens with one attached hydrogen (secondary N) is 1. The molecule has 1 aliphatic heterocycles. The number of likely N-dealkylation sites (N-methyl/N-ethyl adjacent to an activating group) is 1. The normalized spacial score (nSPS) is 22.6. The Morgan fingerprint density at radius 1 is 1.32 bits per heavy atom. The fourth-order valence-corrected chi connectivity index (χ4v) is 3.48. The van der Waals surface area contributed by atoms with Crippen LogP contribution in [0.3, 0.4) is 0 Å². The van der Waals surface area contributed by atoms with Crippen molar-refractivity contribution in [3.63, 3.8) is 0 Å². The second-order valence-corrected chi connectivity index (χ2v) is 6.12. The number of likely N-dealkylation sites (tertiary alicyclic amines) is 1. The minimum atomic E-state index is -0.118. The van der Waals surface area contributed by atoms with Crippen LogP contribution < -0.4 is 5.32 Å². The first-order chi connectivity index (χ1) is 10.8. The third-order valence-corrected chi connectivity index (χ3v) is 4.70. The quantitative estimate of drug-likeness (QED) is 0.941. The largest absolute Gasteiger partial charge is 0.327 e. The molecule has 2 unspecified atom stereocenters. The molecule has 1 saturated heterocycles. The standard InChI is InChI=1S/C16H20N4OS/c1-17-13-8-5-9-14(12-6-3-2-4-7-12)20(16(13)21)10-15-18-11-22-19-15/h2-4,6-7,11,13-14,17H,5,8-10H2,1H3. The van der Waals surface area contributed by atoms with Crippen molar-refractivity contribution in [2.45, 2.75) is 37.9 Å². The fourth-order valence-electron chi connectivity index (χ4n) is 3.04. The van der Waals surface area contributed by atoms with Crippen LogP contribution in [0.4, 0.5) is 0 Å². The number of amides is 1. The number of aromatic nitrogens is 2. The molecule has 3 rings (SSSR count). The molecule has 1 N–H and O–H groups in total. The van der Waals surface area contributed by atoms with Crippen LogP contribution in [0.5, 0.6) is 0 Å². The van der Waals surface area contributed by atoms with Gasteiger partial charge in [0.15, 0.2) is 5.82 Å². The van der Waals surface area contributed by atoms with Gasteiger partial charge in [-0.25, -0.2) is 4.98 Å². The molecule has 0 aliphatic carbocycles. The zero-order chi connectivity index (χ0) is 15.4. The Labute approximate surface area is 134 Å². The molecule has 1 aromatic heterocycles. The van der Waals surface area contributed by atoms with E-state index in [0.29, 0.717) is 6.54 Å². The van der Waals surface area contributed by atoms with Gasteiger partial charge in [0.05, 0.1) is 18.6 Å². The Morgan fingerprint density at radius 2 is 2.14 bits per heavy atom. The average molecular weight is 316 g/mol. The average Bonchev–Trinajstić information content (AvgIpc) is 3.01. The topological polar surface area (TPSA) is 58.1 Å². The van der Waals surface area contributed by atoms with Gasteiger partial charge in [-0.3, -0.25) is 4.79 Å². The van der Waals surface area contributed by atoms with Crippen molar-refractivity contribution < 1.29 is 4.79 Å². The summed E-state index contributed by atoms with van der Waals surface area (Å²) in [5.74, 6) is 0.861. The summed E-state index contributed by atoms with van der Waals surface area (Å²) in [5, 5.41) is 3.15. The van der Waals surface area contributed by atoms with Gasteiger partial charge in [-0.05, 0) is 43.4 Å². The molecule has 2 aromatic rings. The smallest absolute Gasteiger partial charge is 0.240 e. The first-order valence-electron chi connectivity index (χ1n) is 7.57. The van der Waals surface area contributed by atoms with E-state index in [1.165, 1.54) is 17.1 Å². The van der Waals surface area contributed by atoms with Crippen LogP contribution in [-0.2, 0) is 11.3 Å². The molecule has 22 heavy (non-hydrogen) atoms. The molecule has 0 radical (unpaired) electrons. The predicted molar refractivity (Wildman–Crippen MR) is 86.3 cm³/mol. The van der Waals surface area contributed by atoms with Gasteiger partial charge in [-0.2, -0.15) is 4.37 Å². The Balaban J connectivity index is 1.92. The van der Waals surface area contributed by atoms with Gasteiger partial charge in [0.2, 0.25) is 5.91 Å². The fraction of sp³-hybridized carbons (Fsp3) is 0.438. The summed E-state index contributed by atoms with van der Waals surface area (Å²) < 4.78 is 4.27. The first-order valence-corrected chi connectivity index (χ1v) is 8.41. The van der Waals surface area contributed by atoms with Crippen LogP contribution in [-0.4, -0.2) is 33.3 Å². The molecule has 1 fully saturated rings. The zero-order valence-corrected chi connectivity index (χ0v) is 13.4. The highest BCUT2D eigenvalue weighted by molar-refractivity contribution is 7.03. The highest BCUT2D eigenvalue weighted by atomic mass is 32.1. The maximum Gasteiger partial charge on any atom is 0.240 e. The monoisotopic (exact) mass is 316 g/mol. The highest BCUT2D eigenvalue weighted by Crippen LogP contribution is 2.31. The number of hydrogen-bond donors (Lipinski definition) is 1. The molecular weight excluding hydrogens is 296 g/mol. The van der Waals surface area contributed by atoms with E-state index in [-0.39, 0.29) is 18.0 Å². The van der Waals surface area contributed by atoms with Crippen molar-refractivity contribution in [2.24, 2.45) is 0 Å². The van der Waals surface area contributed by atoms with Crippen LogP contribution in [0.1, 0.15) is 36.7 Å². The zero-order valence-electron chi connectivity index (χ0n) is 12.6. The third kappa shape index (κ3) is 3.18. The van der Waals surface area contributed by atoms with Crippen molar-refractivity contribution in [1.29, 1.82) is 0 Å². The van der Waals surface area contributed by atoms with Crippen LogP contribution in [0.25, 0.3) is 0 Å². The van der Waals surface area contributed by atoms with Gasteiger partial charge in [0.1, 0.15) is 5.51 Å². The van der Waals surface area contributed by atoms with E-state index in [1.54, 1.807) is 5.51 Å². The minimum Gasteiger partial charge on any atom is -0.327 e. The van der Waals surface area contributed by atoms with E-state index < -0.39 is 0 Å². The summed E-state index contributed by atoms with van der Waals surface area (Å²) in [5.41, 5.74) is 2.90. The third-order valence-electron chi connectivity index (χ3n) is 4.18. The van der Waals surface area contributed by atoms with E-state index >= 15 is 0 Å². The second-order valence-electron chi connectivity index (χ2n) is 5.51. The maximum atomic E-state index is 12.9. The van der Waals surface area contributed by atoms with E-state index in [2.05, 4.69) is 26.8 Å². The molecule has 1 aromatic carbocycles. The Bertz CT molecular complexity index is 602. The van der Waals surface area contributed by atoms with Crippen molar-refractivity contribution in [3.05, 3.63) is 47.2 Å². The molecule has 5 nitrogen and oxygen atoms in total. The summed E-state index contributed by atoms with van der Waals surface area (Å²) in [4.78, 5) is 19.1. The van der Waals surface area contributed by atoms with Gasteiger partial charge >= 0.3 is 0 Å². The number of rotatable bonds is 4. The van der Waals surface area contributed by atoms with Crippen molar-refractivity contribution in [1.82, 2.24) is 19.6 Å². The molecular formula is C16H20N4OS. The highest BCUT2D eigenvalue weighted by Gasteiger charge is 2.33. The van der Waals surface area contributed by atoms with Gasteiger partial charge in [0.25, 0.3) is 0 Å². The SMILES string of the molecule is CNC1CCCC(c2ccccc2)N(Cc2ncsn2)C1=O. The van der Waals surface area contributed by atoms with Gasteiger partial charge < -0.3 is 10.2 Å². The number of nitrogens with zero attached hydrogens (tertiary/aromatic N) is 3. The minimum absolute atomic E-state index is 0.0931. The Hall–Kier alpha value is -1.79. The Kier molecular flexibility index (Phi) is 4.80. The number of carbonyl (C=O) groups excluding carboxylic acids is 1. The van der Waals surface area contributed by atoms with E-state index in [9.17, 15) is 4.79 Å². The lowest BCUT2D eigenvalue weighted by atomic mass is 10.0. The lowest BCUT2D eigenvalue weighted by Crippen LogP contribution is -2.44. The number of carbonyl (C=O) groups is 1. The van der Waals surface area contributed by atoms with Gasteiger partial charge in [-0.15, -0.1) is 0 Å². The van der Waals surface area contributed by atoms with Crippen LogP contribution in [0.15, 0.2) is 35.8 Å². The molecule has 1 amide bonds. The van der Waals surface area contributed by atoms with E-state index in [4.69, 9.17) is 0 Å². The summed E-state index contributed by atoms with van der Waals surface area (Å²) in [6.07, 6.45) is 2.87. The summed E-state index contributed by atoms with van der Waals surface area (Å²) in [7, 11) is 1.85. The second kappa shape index (κ2) is 6.98. The van der Waals surface area contributed by atoms with Crippen LogP contribution in [0, 0.1) is 0 Å². The first kappa shape index (κ1) is 15.1. The maximum absolute atomic E-state index is 12.9. The summed E-state index contributed by atoms with van der Waals surface area (Å²) in [6.45, 7) is 0.472. The lowest BCUT2D eigenvalue weighted by Gasteiger charge is -2.31. The summed E-state index contributed by atoms with van der Waals surface area (Å²) >= 11 is 1.32. The number of hydrogen-bond acceptors (Lipinski definition) is 5. The van der Waals surface area contributed by atoms with E-state index in [1.807, 2.05) is 30.1 Å². The Morgan fingerprint density at radius 3 is 2.82 bits per heavy atom. The molecule has 6 heteroatoms. The molecule has 2 atom stereocenters. The van der Waals surface area contributed by atoms with Crippen LogP contribution in [0.2, 0.25) is 0 Å². The lowest BCUT2D eigenvalue weighted by molar-refractivity contribution is -0.136. The predicted octanol–water partition coefficient (Wildman–Crippen LogP) is 2.38. The van der Waals surface area contributed by atoms with Gasteiger partial charge in [0, 0.05) is 0 Å². The van der Waals surface area contributed by atoms with Crippen molar-refractivity contribution in [2.75, 3.05) is 7.05 Å². The van der Waals surface area contributed by atoms with Crippen molar-refractivity contribution >= 4 is 17.4 Å².